The number of nitrogens with zero attached hydrogens (tertiary/aromatic N) is 4. The SMILES string of the molecule is CCOc1ccc2c(c1)sc(=NC(=O)c1c(C)cnn1C)n2C. The summed E-state index contributed by atoms with van der Waals surface area (Å²) in [5.74, 6) is 0.539. The molecule has 0 fully saturated rings. The van der Waals surface area contributed by atoms with Crippen molar-refractivity contribution in [3.05, 3.63) is 40.5 Å². The first kappa shape index (κ1) is 15.5. The van der Waals surface area contributed by atoms with Crippen molar-refractivity contribution in [1.82, 2.24) is 14.3 Å². The lowest BCUT2D eigenvalue weighted by atomic mass is 10.3. The molecule has 0 unspecified atom stereocenters. The molecule has 7 heteroatoms. The van der Waals surface area contributed by atoms with Crippen LogP contribution in [0.3, 0.4) is 0 Å². The van der Waals surface area contributed by atoms with E-state index < -0.39 is 0 Å². The molecule has 0 aliphatic carbocycles. The number of carbonyl (C=O) groups excluding carboxylic acids is 1. The summed E-state index contributed by atoms with van der Waals surface area (Å²) in [7, 11) is 3.65. The van der Waals surface area contributed by atoms with Gasteiger partial charge in [0, 0.05) is 19.7 Å². The van der Waals surface area contributed by atoms with E-state index >= 15 is 0 Å². The molecule has 0 saturated carbocycles. The van der Waals surface area contributed by atoms with Gasteiger partial charge >= 0.3 is 0 Å². The fourth-order valence-corrected chi connectivity index (χ4v) is 3.52. The number of hydrogen-bond acceptors (Lipinski definition) is 4. The summed E-state index contributed by atoms with van der Waals surface area (Å²) < 4.78 is 10.0. The van der Waals surface area contributed by atoms with Crippen LogP contribution in [0.2, 0.25) is 0 Å². The first-order valence-electron chi connectivity index (χ1n) is 7.31. The number of amides is 1. The number of fused-ring (bicyclic) bond motifs is 1. The molecule has 0 bridgehead atoms. The lowest BCUT2D eigenvalue weighted by Gasteiger charge is -2.02. The lowest BCUT2D eigenvalue weighted by molar-refractivity contribution is 0.0988. The summed E-state index contributed by atoms with van der Waals surface area (Å²) in [5.41, 5.74) is 2.35. The average Bonchev–Trinajstić information content (AvgIpc) is 3.00. The van der Waals surface area contributed by atoms with Gasteiger partial charge < -0.3 is 9.30 Å². The molecule has 0 saturated heterocycles. The molecule has 0 spiro atoms. The van der Waals surface area contributed by atoms with Gasteiger partial charge in [-0.1, -0.05) is 11.3 Å². The Labute approximate surface area is 137 Å². The van der Waals surface area contributed by atoms with Crippen molar-refractivity contribution in [2.45, 2.75) is 13.8 Å². The number of aromatic nitrogens is 3. The van der Waals surface area contributed by atoms with Crippen LogP contribution in [0.25, 0.3) is 10.2 Å². The molecular formula is C16H18N4O2S. The summed E-state index contributed by atoms with van der Waals surface area (Å²) in [6.45, 7) is 4.43. The highest BCUT2D eigenvalue weighted by atomic mass is 32.1. The monoisotopic (exact) mass is 330 g/mol. The van der Waals surface area contributed by atoms with Gasteiger partial charge in [0.15, 0.2) is 4.80 Å². The molecule has 23 heavy (non-hydrogen) atoms. The largest absolute Gasteiger partial charge is 0.494 e. The van der Waals surface area contributed by atoms with Gasteiger partial charge in [0.25, 0.3) is 5.91 Å². The maximum atomic E-state index is 12.5. The highest BCUT2D eigenvalue weighted by molar-refractivity contribution is 7.16. The predicted octanol–water partition coefficient (Wildman–Crippen LogP) is 2.42. The predicted molar refractivity (Wildman–Crippen MR) is 89.8 cm³/mol. The van der Waals surface area contributed by atoms with Crippen molar-refractivity contribution in [3.63, 3.8) is 0 Å². The van der Waals surface area contributed by atoms with Crippen molar-refractivity contribution < 1.29 is 9.53 Å². The molecule has 0 N–H and O–H groups in total. The Bertz CT molecular complexity index is 929. The van der Waals surface area contributed by atoms with Crippen molar-refractivity contribution >= 4 is 27.5 Å². The third-order valence-electron chi connectivity index (χ3n) is 3.61. The Morgan fingerprint density at radius 1 is 1.39 bits per heavy atom. The zero-order chi connectivity index (χ0) is 16.6. The summed E-state index contributed by atoms with van der Waals surface area (Å²) >= 11 is 1.47. The van der Waals surface area contributed by atoms with Crippen LogP contribution in [-0.4, -0.2) is 26.9 Å². The molecule has 2 aromatic heterocycles. The van der Waals surface area contributed by atoms with Gasteiger partial charge in [-0.15, -0.1) is 0 Å². The van der Waals surface area contributed by atoms with Gasteiger partial charge in [-0.05, 0) is 32.0 Å². The topological polar surface area (TPSA) is 61.4 Å². The fourth-order valence-electron chi connectivity index (χ4n) is 2.47. The van der Waals surface area contributed by atoms with Crippen molar-refractivity contribution in [1.29, 1.82) is 0 Å². The number of ether oxygens (including phenoxy) is 1. The first-order valence-corrected chi connectivity index (χ1v) is 8.13. The van der Waals surface area contributed by atoms with E-state index in [1.807, 2.05) is 43.7 Å². The van der Waals surface area contributed by atoms with E-state index in [2.05, 4.69) is 10.1 Å². The summed E-state index contributed by atoms with van der Waals surface area (Å²) in [5, 5.41) is 4.09. The van der Waals surface area contributed by atoms with E-state index in [9.17, 15) is 4.79 Å². The normalized spacial score (nSPS) is 12.1. The minimum absolute atomic E-state index is 0.283. The molecule has 1 amide bonds. The van der Waals surface area contributed by atoms with Crippen LogP contribution in [0.15, 0.2) is 29.4 Å². The van der Waals surface area contributed by atoms with Gasteiger partial charge in [0.2, 0.25) is 0 Å². The van der Waals surface area contributed by atoms with E-state index in [4.69, 9.17) is 4.74 Å². The van der Waals surface area contributed by atoms with E-state index in [1.165, 1.54) is 11.3 Å². The standard InChI is InChI=1S/C16H18N4O2S/c1-5-22-11-6-7-12-13(8-11)23-16(19(12)3)18-15(21)14-10(2)9-17-20(14)4/h6-9H,5H2,1-4H3. The van der Waals surface area contributed by atoms with Crippen LogP contribution < -0.4 is 9.54 Å². The third-order valence-corrected chi connectivity index (χ3v) is 4.71. The molecule has 2 heterocycles. The number of rotatable bonds is 3. The molecule has 120 valence electrons. The molecule has 3 aromatic rings. The van der Waals surface area contributed by atoms with Crippen molar-refractivity contribution in [3.8, 4) is 5.75 Å². The molecular weight excluding hydrogens is 312 g/mol. The number of thiazole rings is 1. The van der Waals surface area contributed by atoms with E-state index in [0.717, 1.165) is 21.5 Å². The number of benzene rings is 1. The van der Waals surface area contributed by atoms with Crippen LogP contribution in [0.5, 0.6) is 5.75 Å². The van der Waals surface area contributed by atoms with E-state index in [0.29, 0.717) is 17.1 Å². The highest BCUT2D eigenvalue weighted by Gasteiger charge is 2.14. The molecule has 0 radical (unpaired) electrons. The zero-order valence-corrected chi connectivity index (χ0v) is 14.3. The van der Waals surface area contributed by atoms with Crippen molar-refractivity contribution in [2.24, 2.45) is 19.1 Å². The number of carbonyl (C=O) groups is 1. The maximum Gasteiger partial charge on any atom is 0.298 e. The molecule has 6 nitrogen and oxygen atoms in total. The quantitative estimate of drug-likeness (QED) is 0.741. The summed E-state index contributed by atoms with van der Waals surface area (Å²) in [4.78, 5) is 17.4. The second-order valence-corrected chi connectivity index (χ2v) is 6.23. The van der Waals surface area contributed by atoms with Crippen LogP contribution in [-0.2, 0) is 14.1 Å². The van der Waals surface area contributed by atoms with Crippen molar-refractivity contribution in [2.75, 3.05) is 6.61 Å². The van der Waals surface area contributed by atoms with Crippen LogP contribution in [0, 0.1) is 6.92 Å². The Hall–Kier alpha value is -2.41. The van der Waals surface area contributed by atoms with Gasteiger partial charge in [0.05, 0.1) is 23.0 Å². The van der Waals surface area contributed by atoms with Gasteiger partial charge in [0.1, 0.15) is 11.4 Å². The van der Waals surface area contributed by atoms with Gasteiger partial charge in [-0.3, -0.25) is 9.48 Å². The average molecular weight is 330 g/mol. The second-order valence-electron chi connectivity index (χ2n) is 5.22. The zero-order valence-electron chi connectivity index (χ0n) is 13.5. The Morgan fingerprint density at radius 2 is 2.17 bits per heavy atom. The molecule has 3 rings (SSSR count). The van der Waals surface area contributed by atoms with Crippen LogP contribution in [0.4, 0.5) is 0 Å². The third kappa shape index (κ3) is 2.79. The number of aryl methyl sites for hydroxylation is 3. The Kier molecular flexibility index (Phi) is 4.04. The minimum Gasteiger partial charge on any atom is -0.494 e. The van der Waals surface area contributed by atoms with E-state index in [-0.39, 0.29) is 5.91 Å². The van der Waals surface area contributed by atoms with E-state index in [1.54, 1.807) is 17.9 Å². The second kappa shape index (κ2) is 6.00. The fraction of sp³-hybridized carbons (Fsp3) is 0.312. The number of hydrogen-bond donors (Lipinski definition) is 0. The molecule has 1 aromatic carbocycles. The Morgan fingerprint density at radius 3 is 2.83 bits per heavy atom. The van der Waals surface area contributed by atoms with Crippen LogP contribution >= 0.6 is 11.3 Å². The molecule has 0 aliphatic rings. The summed E-state index contributed by atoms with van der Waals surface area (Å²) in [6, 6.07) is 5.88. The highest BCUT2D eigenvalue weighted by Crippen LogP contribution is 2.22. The summed E-state index contributed by atoms with van der Waals surface area (Å²) in [6.07, 6.45) is 1.67. The lowest BCUT2D eigenvalue weighted by Crippen LogP contribution is -2.15. The minimum atomic E-state index is -0.283. The van der Waals surface area contributed by atoms with Gasteiger partial charge in [-0.2, -0.15) is 10.1 Å². The maximum absolute atomic E-state index is 12.5. The first-order chi connectivity index (χ1) is 11.0. The van der Waals surface area contributed by atoms with Crippen LogP contribution in [0.1, 0.15) is 23.0 Å². The molecule has 0 atom stereocenters. The molecule has 0 aliphatic heterocycles. The smallest absolute Gasteiger partial charge is 0.298 e. The Balaban J connectivity index is 2.09. The van der Waals surface area contributed by atoms with Gasteiger partial charge in [-0.25, -0.2) is 0 Å².